The highest BCUT2D eigenvalue weighted by Crippen LogP contribution is 2.27. The number of carbonyl (C=O) groups excluding carboxylic acids is 2. The van der Waals surface area contributed by atoms with E-state index in [0.717, 1.165) is 5.69 Å². The van der Waals surface area contributed by atoms with Crippen LogP contribution in [0.15, 0.2) is 48.7 Å². The molecule has 0 bridgehead atoms. The number of aromatic nitrogens is 2. The molecule has 0 fully saturated rings. The van der Waals surface area contributed by atoms with Gasteiger partial charge in [0, 0.05) is 23.6 Å². The molecule has 0 spiro atoms. The van der Waals surface area contributed by atoms with Crippen molar-refractivity contribution in [3.05, 3.63) is 59.2 Å². The Kier molecular flexibility index (Phi) is 6.00. The molecule has 0 saturated heterocycles. The van der Waals surface area contributed by atoms with Gasteiger partial charge in [0.25, 0.3) is 5.91 Å². The summed E-state index contributed by atoms with van der Waals surface area (Å²) in [5, 5.41) is 9.06. The number of rotatable bonds is 5. The molecule has 3 amide bonds. The molecule has 1 aromatic carbocycles. The van der Waals surface area contributed by atoms with Gasteiger partial charge in [-0.1, -0.05) is 6.07 Å². The quantitative estimate of drug-likeness (QED) is 0.600. The van der Waals surface area contributed by atoms with Gasteiger partial charge in [-0.3, -0.25) is 9.78 Å². The summed E-state index contributed by atoms with van der Waals surface area (Å²) in [7, 11) is 0. The van der Waals surface area contributed by atoms with E-state index in [-0.39, 0.29) is 18.0 Å². The van der Waals surface area contributed by atoms with Gasteiger partial charge in [-0.2, -0.15) is 0 Å². The fourth-order valence-corrected chi connectivity index (χ4v) is 3.40. The first-order valence-corrected chi connectivity index (χ1v) is 9.62. The van der Waals surface area contributed by atoms with Gasteiger partial charge in [0.05, 0.1) is 11.4 Å². The molecule has 0 aliphatic heterocycles. The average Bonchev–Trinajstić information content (AvgIpc) is 3.05. The zero-order valence-corrected chi connectivity index (χ0v) is 16.6. The predicted molar refractivity (Wildman–Crippen MR) is 112 cm³/mol. The molecular formula is C20H21N5O2S. The third kappa shape index (κ3) is 4.92. The maximum atomic E-state index is 12.6. The minimum Gasteiger partial charge on any atom is -0.336 e. The Labute approximate surface area is 167 Å². The van der Waals surface area contributed by atoms with Crippen molar-refractivity contribution in [2.45, 2.75) is 26.8 Å². The van der Waals surface area contributed by atoms with Crippen LogP contribution in [-0.2, 0) is 0 Å². The van der Waals surface area contributed by atoms with Crippen LogP contribution in [0.3, 0.4) is 0 Å². The number of amides is 3. The van der Waals surface area contributed by atoms with Crippen LogP contribution in [0.5, 0.6) is 0 Å². The van der Waals surface area contributed by atoms with Crippen molar-refractivity contribution in [3.8, 4) is 10.7 Å². The molecular weight excluding hydrogens is 374 g/mol. The maximum Gasteiger partial charge on any atom is 0.319 e. The smallest absolute Gasteiger partial charge is 0.319 e. The largest absolute Gasteiger partial charge is 0.336 e. The summed E-state index contributed by atoms with van der Waals surface area (Å²) in [6.07, 6.45) is 1.70. The molecule has 3 rings (SSSR count). The number of benzene rings is 1. The molecule has 0 unspecified atom stereocenters. The van der Waals surface area contributed by atoms with Crippen LogP contribution in [0.25, 0.3) is 10.7 Å². The van der Waals surface area contributed by atoms with Crippen LogP contribution in [0.4, 0.5) is 16.2 Å². The summed E-state index contributed by atoms with van der Waals surface area (Å²) in [6, 6.07) is 12.3. The van der Waals surface area contributed by atoms with Crippen LogP contribution in [0.1, 0.15) is 29.2 Å². The molecule has 2 aromatic heterocycles. The summed E-state index contributed by atoms with van der Waals surface area (Å²) < 4.78 is 0. The number of urea groups is 1. The number of anilines is 2. The summed E-state index contributed by atoms with van der Waals surface area (Å²) in [5.74, 6) is -0.226. The van der Waals surface area contributed by atoms with E-state index in [1.54, 1.807) is 37.4 Å². The number of pyridine rings is 1. The van der Waals surface area contributed by atoms with E-state index >= 15 is 0 Å². The lowest BCUT2D eigenvalue weighted by atomic mass is 10.2. The number of hydrogen-bond donors (Lipinski definition) is 3. The fraction of sp³-hybridized carbons (Fsp3) is 0.200. The Balaban J connectivity index is 1.67. The molecule has 3 aromatic rings. The highest BCUT2D eigenvalue weighted by molar-refractivity contribution is 7.17. The van der Waals surface area contributed by atoms with Crippen molar-refractivity contribution in [2.24, 2.45) is 0 Å². The summed E-state index contributed by atoms with van der Waals surface area (Å²) in [4.78, 5) is 33.6. The Hall–Kier alpha value is -3.26. The molecule has 0 aliphatic carbocycles. The monoisotopic (exact) mass is 395 g/mol. The lowest BCUT2D eigenvalue weighted by Gasteiger charge is -2.10. The van der Waals surface area contributed by atoms with Gasteiger partial charge in [-0.15, -0.1) is 11.3 Å². The van der Waals surface area contributed by atoms with Crippen LogP contribution in [0.2, 0.25) is 0 Å². The molecule has 8 heteroatoms. The predicted octanol–water partition coefficient (Wildman–Crippen LogP) is 4.30. The van der Waals surface area contributed by atoms with E-state index in [9.17, 15) is 9.59 Å². The first-order chi connectivity index (χ1) is 13.4. The molecule has 2 heterocycles. The zero-order valence-electron chi connectivity index (χ0n) is 15.8. The topological polar surface area (TPSA) is 96.0 Å². The molecule has 0 aliphatic rings. The van der Waals surface area contributed by atoms with Gasteiger partial charge in [0.2, 0.25) is 0 Å². The Morgan fingerprint density at radius 1 is 1.00 bits per heavy atom. The average molecular weight is 395 g/mol. The first-order valence-electron chi connectivity index (χ1n) is 8.80. The van der Waals surface area contributed by atoms with Gasteiger partial charge in [0.15, 0.2) is 0 Å². The minimum absolute atomic E-state index is 0.0529. The minimum atomic E-state index is -0.269. The summed E-state index contributed by atoms with van der Waals surface area (Å²) >= 11 is 1.31. The lowest BCUT2D eigenvalue weighted by Crippen LogP contribution is -2.34. The van der Waals surface area contributed by atoms with Crippen LogP contribution in [-0.4, -0.2) is 27.9 Å². The Bertz CT molecular complexity index is 968. The normalized spacial score (nSPS) is 10.6. The van der Waals surface area contributed by atoms with Crippen molar-refractivity contribution in [1.82, 2.24) is 15.3 Å². The second kappa shape index (κ2) is 8.62. The van der Waals surface area contributed by atoms with Crippen molar-refractivity contribution >= 4 is 34.6 Å². The van der Waals surface area contributed by atoms with Crippen molar-refractivity contribution in [2.75, 3.05) is 10.6 Å². The van der Waals surface area contributed by atoms with E-state index in [0.29, 0.717) is 27.0 Å². The van der Waals surface area contributed by atoms with Crippen LogP contribution >= 0.6 is 11.3 Å². The van der Waals surface area contributed by atoms with E-state index in [2.05, 4.69) is 25.9 Å². The highest BCUT2D eigenvalue weighted by Gasteiger charge is 2.17. The number of nitrogens with one attached hydrogen (secondary N) is 3. The molecule has 7 nitrogen and oxygen atoms in total. The second-order valence-corrected chi connectivity index (χ2v) is 7.43. The summed E-state index contributed by atoms with van der Waals surface area (Å²) in [6.45, 7) is 5.58. The van der Waals surface area contributed by atoms with Crippen molar-refractivity contribution in [3.63, 3.8) is 0 Å². The third-order valence-corrected chi connectivity index (χ3v) is 4.89. The number of hydrogen-bond acceptors (Lipinski definition) is 5. The zero-order chi connectivity index (χ0) is 20.1. The van der Waals surface area contributed by atoms with Crippen LogP contribution < -0.4 is 16.0 Å². The molecule has 3 N–H and O–H groups in total. The number of thiazole rings is 1. The Morgan fingerprint density at radius 3 is 2.29 bits per heavy atom. The maximum absolute atomic E-state index is 12.6. The van der Waals surface area contributed by atoms with Crippen molar-refractivity contribution in [1.29, 1.82) is 0 Å². The van der Waals surface area contributed by atoms with Gasteiger partial charge in [-0.25, -0.2) is 9.78 Å². The highest BCUT2D eigenvalue weighted by atomic mass is 32.1. The molecule has 144 valence electrons. The second-order valence-electron chi connectivity index (χ2n) is 6.43. The number of carbonyl (C=O) groups is 2. The first kappa shape index (κ1) is 19.5. The molecule has 0 saturated carbocycles. The van der Waals surface area contributed by atoms with E-state index in [1.807, 2.05) is 32.0 Å². The lowest BCUT2D eigenvalue weighted by molar-refractivity contribution is 0.102. The van der Waals surface area contributed by atoms with E-state index in [4.69, 9.17) is 0 Å². The molecule has 0 atom stereocenters. The van der Waals surface area contributed by atoms with E-state index < -0.39 is 0 Å². The molecule has 28 heavy (non-hydrogen) atoms. The molecule has 0 radical (unpaired) electrons. The summed E-state index contributed by atoms with van der Waals surface area (Å²) in [5.41, 5.74) is 2.67. The SMILES string of the molecule is Cc1nc(-c2ccccn2)sc1C(=O)Nc1ccc(NC(=O)NC(C)C)cc1. The fourth-order valence-electron chi connectivity index (χ4n) is 2.46. The van der Waals surface area contributed by atoms with E-state index in [1.165, 1.54) is 11.3 Å². The standard InChI is InChI=1S/C20H21N5O2S/c1-12(2)22-20(27)25-15-9-7-14(8-10-15)24-18(26)17-13(3)23-19(28-17)16-6-4-5-11-21-16/h4-12H,1-3H3,(H,24,26)(H2,22,25,27). The van der Waals surface area contributed by atoms with Gasteiger partial charge in [-0.05, 0) is 57.2 Å². The van der Waals surface area contributed by atoms with Gasteiger partial charge < -0.3 is 16.0 Å². The van der Waals surface area contributed by atoms with Gasteiger partial charge in [0.1, 0.15) is 9.88 Å². The number of nitrogens with zero attached hydrogens (tertiary/aromatic N) is 2. The van der Waals surface area contributed by atoms with Gasteiger partial charge >= 0.3 is 6.03 Å². The number of aryl methyl sites for hydroxylation is 1. The Morgan fingerprint density at radius 2 is 1.68 bits per heavy atom. The van der Waals surface area contributed by atoms with Crippen LogP contribution in [0, 0.1) is 6.92 Å². The third-order valence-electron chi connectivity index (χ3n) is 3.71. The van der Waals surface area contributed by atoms with Crippen molar-refractivity contribution < 1.29 is 9.59 Å².